The molecule has 0 unspecified atom stereocenters. The summed E-state index contributed by atoms with van der Waals surface area (Å²) in [5.74, 6) is 0. The summed E-state index contributed by atoms with van der Waals surface area (Å²) in [6.07, 6.45) is 2.69. The van der Waals surface area contributed by atoms with Gasteiger partial charge in [-0.25, -0.2) is 0 Å². The summed E-state index contributed by atoms with van der Waals surface area (Å²) < 4.78 is 0. The molecule has 0 fully saturated rings. The van der Waals surface area contributed by atoms with Crippen molar-refractivity contribution in [1.29, 1.82) is 0 Å². The van der Waals surface area contributed by atoms with E-state index in [2.05, 4.69) is 11.2 Å². The van der Waals surface area contributed by atoms with E-state index in [0.717, 1.165) is 0 Å². The van der Waals surface area contributed by atoms with Gasteiger partial charge in [0.25, 0.3) is 0 Å². The van der Waals surface area contributed by atoms with Crippen molar-refractivity contribution in [3.05, 3.63) is 0 Å². The lowest BCUT2D eigenvalue weighted by Crippen LogP contribution is -1.85. The molecule has 6 heavy (non-hydrogen) atoms. The minimum atomic E-state index is 0.412. The normalized spacial score (nSPS) is 11.3. The minimum absolute atomic E-state index is 0.412. The highest BCUT2D eigenvalue weighted by molar-refractivity contribution is 5.53. The van der Waals surface area contributed by atoms with Gasteiger partial charge in [-0.3, -0.25) is 4.99 Å². The van der Waals surface area contributed by atoms with Gasteiger partial charge >= 0.3 is 0 Å². The van der Waals surface area contributed by atoms with Gasteiger partial charge < -0.3 is 0 Å². The van der Waals surface area contributed by atoms with E-state index in [9.17, 15) is 0 Å². The number of hydrogen-bond acceptors (Lipinski definition) is 1. The van der Waals surface area contributed by atoms with Gasteiger partial charge in [0.05, 0.1) is 6.21 Å². The summed E-state index contributed by atoms with van der Waals surface area (Å²) in [5.41, 5.74) is 0. The van der Waals surface area contributed by atoms with E-state index < -0.39 is 0 Å². The lowest BCUT2D eigenvalue weighted by Gasteiger charge is -1.87. The first-order valence-corrected chi connectivity index (χ1v) is 2.14. The predicted molar refractivity (Wildman–Crippen MR) is 28.2 cm³/mol. The molecule has 1 nitrogen and oxygen atoms in total. The summed E-state index contributed by atoms with van der Waals surface area (Å²) in [6.45, 7) is 5.85. The molecule has 0 aliphatic heterocycles. The van der Waals surface area contributed by atoms with Crippen LogP contribution < -0.4 is 0 Å². The molecule has 1 heteroatoms. The van der Waals surface area contributed by atoms with E-state index in [-0.39, 0.29) is 0 Å². The van der Waals surface area contributed by atoms with E-state index in [4.69, 9.17) is 0 Å². The van der Waals surface area contributed by atoms with Crippen LogP contribution in [0.15, 0.2) is 4.99 Å². The molecular formula is C5H10N. The largest absolute Gasteiger partial charge is 0.285 e. The number of aliphatic imine (C=N–C) groups is 1. The molecule has 0 aromatic heterocycles. The molecule has 0 aromatic carbocycles. The lowest BCUT2D eigenvalue weighted by molar-refractivity contribution is 0.840. The van der Waals surface area contributed by atoms with Crippen LogP contribution in [0.2, 0.25) is 0 Å². The molecule has 0 saturated carbocycles. The highest BCUT2D eigenvalue weighted by Crippen LogP contribution is 1.80. The van der Waals surface area contributed by atoms with E-state index in [1.807, 2.05) is 13.8 Å². The number of rotatable bonds is 1. The summed E-state index contributed by atoms with van der Waals surface area (Å²) in [7, 11) is 0. The van der Waals surface area contributed by atoms with Gasteiger partial charge in [0, 0.05) is 6.04 Å². The van der Waals surface area contributed by atoms with Crippen molar-refractivity contribution >= 4 is 6.21 Å². The Morgan fingerprint density at radius 2 is 2.00 bits per heavy atom. The smallest absolute Gasteiger partial charge is 0.0527 e. The fraction of sp³-hybridized carbons (Fsp3) is 0.800. The van der Waals surface area contributed by atoms with Crippen molar-refractivity contribution < 1.29 is 0 Å². The third-order valence-electron chi connectivity index (χ3n) is 0.387. The Morgan fingerprint density at radius 1 is 1.50 bits per heavy atom. The van der Waals surface area contributed by atoms with Gasteiger partial charge in [0.1, 0.15) is 0 Å². The molecule has 0 atom stereocenters. The third kappa shape index (κ3) is 3.67. The average Bonchev–Trinajstić information content (AvgIpc) is 1.35. The maximum Gasteiger partial charge on any atom is 0.0527 e. The summed E-state index contributed by atoms with van der Waals surface area (Å²) >= 11 is 0. The van der Waals surface area contributed by atoms with Crippen molar-refractivity contribution in [2.45, 2.75) is 26.8 Å². The minimum Gasteiger partial charge on any atom is -0.285 e. The van der Waals surface area contributed by atoms with Crippen LogP contribution in [0.5, 0.6) is 0 Å². The van der Waals surface area contributed by atoms with Crippen molar-refractivity contribution in [1.82, 2.24) is 0 Å². The van der Waals surface area contributed by atoms with Gasteiger partial charge in [-0.2, -0.15) is 0 Å². The lowest BCUT2D eigenvalue weighted by atomic mass is 10.4. The van der Waals surface area contributed by atoms with Gasteiger partial charge in [-0.05, 0) is 20.8 Å². The van der Waals surface area contributed by atoms with Crippen molar-refractivity contribution in [2.75, 3.05) is 0 Å². The van der Waals surface area contributed by atoms with Crippen molar-refractivity contribution in [3.63, 3.8) is 0 Å². The maximum atomic E-state index is 3.88. The fourth-order valence-electron chi connectivity index (χ4n) is 0.258. The van der Waals surface area contributed by atoms with Gasteiger partial charge in [-0.1, -0.05) is 0 Å². The van der Waals surface area contributed by atoms with Crippen LogP contribution in [-0.4, -0.2) is 12.3 Å². The van der Waals surface area contributed by atoms with Crippen LogP contribution in [0.25, 0.3) is 0 Å². The molecule has 0 N–H and O–H groups in total. The molecule has 35 valence electrons. The maximum absolute atomic E-state index is 3.88. The van der Waals surface area contributed by atoms with Crippen molar-refractivity contribution in [2.24, 2.45) is 4.99 Å². The Morgan fingerprint density at radius 3 is 2.00 bits per heavy atom. The van der Waals surface area contributed by atoms with Crippen LogP contribution in [0.1, 0.15) is 20.8 Å². The summed E-state index contributed by atoms with van der Waals surface area (Å²) in [5, 5.41) is 0. The SMILES string of the molecule is C/[C]=N\C(C)C. The van der Waals surface area contributed by atoms with E-state index in [0.29, 0.717) is 6.04 Å². The monoisotopic (exact) mass is 84.1 g/mol. The Bertz CT molecular complexity index is 45.9. The molecule has 1 radical (unpaired) electrons. The highest BCUT2D eigenvalue weighted by atomic mass is 14.7. The second-order valence-corrected chi connectivity index (χ2v) is 1.45. The second-order valence-electron chi connectivity index (χ2n) is 1.45. The molecule has 0 aliphatic rings. The second kappa shape index (κ2) is 2.88. The fourth-order valence-corrected chi connectivity index (χ4v) is 0.258. The van der Waals surface area contributed by atoms with Crippen molar-refractivity contribution in [3.8, 4) is 0 Å². The average molecular weight is 84.1 g/mol. The standard InChI is InChI=1S/C5H10N/c1-4-6-5(2)3/h5H,1-3H3. The number of hydrogen-bond donors (Lipinski definition) is 0. The summed E-state index contributed by atoms with van der Waals surface area (Å²) in [6, 6.07) is 0.412. The first-order chi connectivity index (χ1) is 2.77. The molecule has 0 spiro atoms. The zero-order chi connectivity index (χ0) is 4.99. The molecule has 0 heterocycles. The molecule has 0 rings (SSSR count). The Kier molecular flexibility index (Phi) is 2.73. The zero-order valence-electron chi connectivity index (χ0n) is 4.52. The predicted octanol–water partition coefficient (Wildman–Crippen LogP) is 1.36. The van der Waals surface area contributed by atoms with Gasteiger partial charge in [-0.15, -0.1) is 0 Å². The van der Waals surface area contributed by atoms with Crippen LogP contribution >= 0.6 is 0 Å². The quantitative estimate of drug-likeness (QED) is 0.425. The first kappa shape index (κ1) is 5.67. The Balaban J connectivity index is 3.03. The molecule has 0 saturated heterocycles. The van der Waals surface area contributed by atoms with E-state index >= 15 is 0 Å². The first-order valence-electron chi connectivity index (χ1n) is 2.14. The highest BCUT2D eigenvalue weighted by Gasteiger charge is 1.77. The Labute approximate surface area is 39.1 Å². The molecule has 0 bridgehead atoms. The van der Waals surface area contributed by atoms with Crippen LogP contribution in [0.3, 0.4) is 0 Å². The third-order valence-corrected chi connectivity index (χ3v) is 0.387. The van der Waals surface area contributed by atoms with Gasteiger partial charge in [0.15, 0.2) is 0 Å². The van der Waals surface area contributed by atoms with Crippen LogP contribution in [0.4, 0.5) is 0 Å². The van der Waals surface area contributed by atoms with Crippen LogP contribution in [0, 0.1) is 0 Å². The molecule has 0 aromatic rings. The molecule has 0 aliphatic carbocycles. The molecule has 0 amide bonds. The van der Waals surface area contributed by atoms with E-state index in [1.54, 1.807) is 6.92 Å². The Hall–Kier alpha value is -0.330. The van der Waals surface area contributed by atoms with Crippen LogP contribution in [-0.2, 0) is 0 Å². The zero-order valence-corrected chi connectivity index (χ0v) is 4.52. The van der Waals surface area contributed by atoms with E-state index in [1.165, 1.54) is 0 Å². The summed E-state index contributed by atoms with van der Waals surface area (Å²) in [4.78, 5) is 3.88. The number of nitrogens with zero attached hydrogens (tertiary/aromatic N) is 1. The van der Waals surface area contributed by atoms with Gasteiger partial charge in [0.2, 0.25) is 0 Å². The molecular weight excluding hydrogens is 74.1 g/mol. The topological polar surface area (TPSA) is 12.4 Å².